The van der Waals surface area contributed by atoms with Gasteiger partial charge in [-0.05, 0) is 24.1 Å². The average molecular weight is 256 g/mol. The third kappa shape index (κ3) is 3.74. The normalized spacial score (nSPS) is 11.4. The van der Waals surface area contributed by atoms with Gasteiger partial charge in [0.1, 0.15) is 0 Å². The molecule has 0 bridgehead atoms. The van der Waals surface area contributed by atoms with Crippen LogP contribution in [0.5, 0.6) is 0 Å². The molecular formula is C11H16N2O3S. The summed E-state index contributed by atoms with van der Waals surface area (Å²) in [5.41, 5.74) is 11.8. The molecule has 0 aliphatic carbocycles. The van der Waals surface area contributed by atoms with Gasteiger partial charge in [0, 0.05) is 11.3 Å². The Kier molecular flexibility index (Phi) is 4.11. The number of nitrogen functional groups attached to an aromatic ring is 1. The molecule has 0 unspecified atom stereocenters. The Morgan fingerprint density at radius 2 is 2.00 bits per heavy atom. The van der Waals surface area contributed by atoms with E-state index in [9.17, 15) is 13.2 Å². The number of sulfone groups is 1. The first-order chi connectivity index (χ1) is 7.85. The number of anilines is 1. The lowest BCUT2D eigenvalue weighted by molar-refractivity contribution is 0.100. The van der Waals surface area contributed by atoms with Crippen molar-refractivity contribution in [2.24, 2.45) is 5.73 Å². The number of primary amides is 1. The molecule has 0 spiro atoms. The van der Waals surface area contributed by atoms with Crippen LogP contribution in [0.2, 0.25) is 0 Å². The quantitative estimate of drug-likeness (QED) is 0.756. The Labute approximate surface area is 101 Å². The number of hydrogen-bond acceptors (Lipinski definition) is 4. The van der Waals surface area contributed by atoms with Gasteiger partial charge < -0.3 is 11.5 Å². The molecule has 0 saturated heterocycles. The second-order valence-corrected chi connectivity index (χ2v) is 6.05. The second kappa shape index (κ2) is 5.18. The van der Waals surface area contributed by atoms with Crippen LogP contribution < -0.4 is 11.5 Å². The van der Waals surface area contributed by atoms with Gasteiger partial charge in [-0.1, -0.05) is 13.0 Å². The minimum atomic E-state index is -3.14. The highest BCUT2D eigenvalue weighted by Crippen LogP contribution is 2.17. The van der Waals surface area contributed by atoms with Gasteiger partial charge >= 0.3 is 0 Å². The van der Waals surface area contributed by atoms with Gasteiger partial charge in [0.05, 0.1) is 11.5 Å². The van der Waals surface area contributed by atoms with Crippen LogP contribution in [0.15, 0.2) is 18.2 Å². The molecule has 0 aliphatic rings. The van der Waals surface area contributed by atoms with Crippen molar-refractivity contribution in [3.63, 3.8) is 0 Å². The van der Waals surface area contributed by atoms with Gasteiger partial charge in [-0.2, -0.15) is 0 Å². The maximum Gasteiger partial charge on any atom is 0.248 e. The van der Waals surface area contributed by atoms with Crippen LogP contribution in [0.25, 0.3) is 0 Å². The van der Waals surface area contributed by atoms with Crippen molar-refractivity contribution in [1.82, 2.24) is 0 Å². The summed E-state index contributed by atoms with van der Waals surface area (Å²) in [6.45, 7) is 1.80. The number of benzene rings is 1. The van der Waals surface area contributed by atoms with Crippen LogP contribution in [-0.4, -0.2) is 20.1 Å². The first-order valence-electron chi connectivity index (χ1n) is 5.24. The number of rotatable bonds is 5. The number of amides is 1. The van der Waals surface area contributed by atoms with Gasteiger partial charge in [0.2, 0.25) is 5.91 Å². The highest BCUT2D eigenvalue weighted by Gasteiger charge is 2.13. The summed E-state index contributed by atoms with van der Waals surface area (Å²) in [6.07, 6.45) is 0.571. The number of hydrogen-bond donors (Lipinski definition) is 2. The molecule has 5 nitrogen and oxygen atoms in total. The molecule has 1 aromatic rings. The monoisotopic (exact) mass is 256 g/mol. The smallest absolute Gasteiger partial charge is 0.248 e. The number of nitrogens with two attached hydrogens (primary N) is 2. The molecule has 0 heterocycles. The Bertz CT molecular complexity index is 524. The van der Waals surface area contributed by atoms with Crippen molar-refractivity contribution in [1.29, 1.82) is 0 Å². The molecule has 0 radical (unpaired) electrons. The second-order valence-electron chi connectivity index (χ2n) is 3.87. The van der Waals surface area contributed by atoms with E-state index in [0.717, 1.165) is 0 Å². The van der Waals surface area contributed by atoms with E-state index < -0.39 is 15.7 Å². The van der Waals surface area contributed by atoms with Crippen molar-refractivity contribution in [2.45, 2.75) is 19.1 Å². The number of carbonyl (C=O) groups excluding carboxylic acids is 1. The first kappa shape index (κ1) is 13.5. The van der Waals surface area contributed by atoms with Gasteiger partial charge in [-0.15, -0.1) is 0 Å². The van der Waals surface area contributed by atoms with Gasteiger partial charge in [0.15, 0.2) is 9.84 Å². The molecule has 0 aliphatic heterocycles. The van der Waals surface area contributed by atoms with E-state index in [1.54, 1.807) is 6.92 Å². The molecule has 1 aromatic carbocycles. The Balaban J connectivity index is 2.98. The van der Waals surface area contributed by atoms with Crippen molar-refractivity contribution < 1.29 is 13.2 Å². The molecule has 0 atom stereocenters. The lowest BCUT2D eigenvalue weighted by atomic mass is 10.1. The summed E-state index contributed by atoms with van der Waals surface area (Å²) in [7, 11) is -3.14. The summed E-state index contributed by atoms with van der Waals surface area (Å²) >= 11 is 0. The Morgan fingerprint density at radius 1 is 1.35 bits per heavy atom. The van der Waals surface area contributed by atoms with Crippen LogP contribution in [0.1, 0.15) is 29.3 Å². The molecule has 94 valence electrons. The third-order valence-corrected chi connectivity index (χ3v) is 4.10. The molecule has 17 heavy (non-hydrogen) atoms. The van der Waals surface area contributed by atoms with Crippen molar-refractivity contribution in [3.8, 4) is 0 Å². The van der Waals surface area contributed by atoms with E-state index in [1.165, 1.54) is 18.2 Å². The van der Waals surface area contributed by atoms with Crippen molar-refractivity contribution >= 4 is 21.4 Å². The van der Waals surface area contributed by atoms with E-state index in [0.29, 0.717) is 12.0 Å². The SMILES string of the molecule is CCCS(=O)(=O)Cc1ccc(C(N)=O)cc1N. The highest BCUT2D eigenvalue weighted by molar-refractivity contribution is 7.90. The fraction of sp³-hybridized carbons (Fsp3) is 0.364. The highest BCUT2D eigenvalue weighted by atomic mass is 32.2. The minimum absolute atomic E-state index is 0.105. The first-order valence-corrected chi connectivity index (χ1v) is 7.06. The zero-order chi connectivity index (χ0) is 13.1. The predicted molar refractivity (Wildman–Crippen MR) is 67.2 cm³/mol. The summed E-state index contributed by atoms with van der Waals surface area (Å²) in [4.78, 5) is 10.9. The van der Waals surface area contributed by atoms with Gasteiger partial charge in [-0.25, -0.2) is 8.42 Å². The van der Waals surface area contributed by atoms with Crippen LogP contribution in [-0.2, 0) is 15.6 Å². The molecule has 0 aromatic heterocycles. The summed E-state index contributed by atoms with van der Waals surface area (Å²) < 4.78 is 23.2. The van der Waals surface area contributed by atoms with Gasteiger partial charge in [0.25, 0.3) is 0 Å². The van der Waals surface area contributed by atoms with E-state index in [-0.39, 0.29) is 22.8 Å². The van der Waals surface area contributed by atoms with Gasteiger partial charge in [-0.3, -0.25) is 4.79 Å². The summed E-state index contributed by atoms with van der Waals surface area (Å²) in [5, 5.41) is 0. The Morgan fingerprint density at radius 3 is 2.47 bits per heavy atom. The Hall–Kier alpha value is -1.56. The number of carbonyl (C=O) groups is 1. The van der Waals surface area contributed by atoms with E-state index in [2.05, 4.69) is 0 Å². The van der Waals surface area contributed by atoms with Crippen LogP contribution in [0, 0.1) is 0 Å². The van der Waals surface area contributed by atoms with Crippen molar-refractivity contribution in [3.05, 3.63) is 29.3 Å². The summed E-state index contributed by atoms with van der Waals surface area (Å²) in [6, 6.07) is 4.41. The van der Waals surface area contributed by atoms with Crippen LogP contribution in [0.3, 0.4) is 0 Å². The predicted octanol–water partition coefficient (Wildman–Crippen LogP) is 0.693. The molecule has 4 N–H and O–H groups in total. The van der Waals surface area contributed by atoms with E-state index in [4.69, 9.17) is 11.5 Å². The maximum absolute atomic E-state index is 11.6. The molecule has 0 saturated carbocycles. The van der Waals surface area contributed by atoms with Crippen LogP contribution in [0.4, 0.5) is 5.69 Å². The standard InChI is InChI=1S/C11H16N2O3S/c1-2-5-17(15,16)7-9-4-3-8(11(13)14)6-10(9)12/h3-4,6H,2,5,7,12H2,1H3,(H2,13,14). The maximum atomic E-state index is 11.6. The van der Waals surface area contributed by atoms with Crippen LogP contribution >= 0.6 is 0 Å². The molecular weight excluding hydrogens is 240 g/mol. The topological polar surface area (TPSA) is 103 Å². The largest absolute Gasteiger partial charge is 0.398 e. The molecule has 6 heteroatoms. The minimum Gasteiger partial charge on any atom is -0.398 e. The van der Waals surface area contributed by atoms with E-state index in [1.807, 2.05) is 0 Å². The molecule has 1 amide bonds. The molecule has 1 rings (SSSR count). The van der Waals surface area contributed by atoms with Crippen molar-refractivity contribution in [2.75, 3.05) is 11.5 Å². The van der Waals surface area contributed by atoms with E-state index >= 15 is 0 Å². The zero-order valence-corrected chi connectivity index (χ0v) is 10.5. The third-order valence-electron chi connectivity index (χ3n) is 2.32. The summed E-state index contributed by atoms with van der Waals surface area (Å²) in [5.74, 6) is -0.560. The fourth-order valence-electron chi connectivity index (χ4n) is 1.50. The molecule has 0 fully saturated rings. The fourth-order valence-corrected chi connectivity index (χ4v) is 3.00. The lowest BCUT2D eigenvalue weighted by Gasteiger charge is -2.07. The lowest BCUT2D eigenvalue weighted by Crippen LogP contribution is -2.13. The average Bonchev–Trinajstić information content (AvgIpc) is 2.20. The zero-order valence-electron chi connectivity index (χ0n) is 9.64.